The minimum atomic E-state index is -0.320. The molecule has 0 N–H and O–H groups in total. The number of halogens is 2. The van der Waals surface area contributed by atoms with Gasteiger partial charge in [0.1, 0.15) is 22.6 Å². The topological polar surface area (TPSA) is 35.0 Å². The van der Waals surface area contributed by atoms with Gasteiger partial charge in [-0.05, 0) is 52.0 Å². The first-order chi connectivity index (χ1) is 9.15. The zero-order chi connectivity index (χ0) is 13.4. The molecule has 0 aliphatic carbocycles. The highest BCUT2D eigenvalue weighted by Crippen LogP contribution is 2.35. The van der Waals surface area contributed by atoms with Crippen LogP contribution in [-0.4, -0.2) is 9.97 Å². The Morgan fingerprint density at radius 2 is 2.16 bits per heavy atom. The number of nitrogens with zero attached hydrogens (tertiary/aromatic N) is 2. The van der Waals surface area contributed by atoms with E-state index in [1.54, 1.807) is 6.07 Å². The zero-order valence-electron chi connectivity index (χ0n) is 9.85. The van der Waals surface area contributed by atoms with Crippen molar-refractivity contribution in [3.63, 3.8) is 0 Å². The highest BCUT2D eigenvalue weighted by Gasteiger charge is 2.11. The molecule has 2 heterocycles. The average Bonchev–Trinajstić information content (AvgIpc) is 2.76. The van der Waals surface area contributed by atoms with Gasteiger partial charge in [0, 0.05) is 0 Å². The Bertz CT molecular complexity index is 759. The Morgan fingerprint density at radius 3 is 2.95 bits per heavy atom. The first kappa shape index (κ1) is 12.5. The van der Waals surface area contributed by atoms with E-state index in [0.717, 1.165) is 15.8 Å². The van der Waals surface area contributed by atoms with Crippen molar-refractivity contribution in [2.24, 2.45) is 0 Å². The third kappa shape index (κ3) is 2.33. The lowest BCUT2D eigenvalue weighted by Gasteiger charge is -2.07. The highest BCUT2D eigenvalue weighted by atomic mass is 79.9. The molecular weight excluding hydrogens is 331 g/mol. The predicted octanol–water partition coefficient (Wildman–Crippen LogP) is 4.69. The molecule has 0 saturated heterocycles. The predicted molar refractivity (Wildman–Crippen MR) is 76.3 cm³/mol. The summed E-state index contributed by atoms with van der Waals surface area (Å²) >= 11 is 4.80. The Hall–Kier alpha value is -1.53. The van der Waals surface area contributed by atoms with Gasteiger partial charge in [-0.2, -0.15) is 0 Å². The number of aromatic nitrogens is 2. The van der Waals surface area contributed by atoms with Crippen molar-refractivity contribution in [3.05, 3.63) is 45.8 Å². The summed E-state index contributed by atoms with van der Waals surface area (Å²) in [4.78, 5) is 8.37. The number of benzene rings is 1. The van der Waals surface area contributed by atoms with Gasteiger partial charge in [0.15, 0.2) is 0 Å². The van der Waals surface area contributed by atoms with E-state index < -0.39 is 0 Å². The summed E-state index contributed by atoms with van der Waals surface area (Å²) in [6.45, 7) is 1.99. The van der Waals surface area contributed by atoms with Crippen LogP contribution in [-0.2, 0) is 0 Å². The van der Waals surface area contributed by atoms with Crippen LogP contribution >= 0.6 is 27.3 Å². The maximum atomic E-state index is 13.0. The fourth-order valence-electron chi connectivity index (χ4n) is 1.68. The second kappa shape index (κ2) is 4.86. The summed E-state index contributed by atoms with van der Waals surface area (Å²) in [6.07, 6.45) is 1.47. The molecule has 3 rings (SSSR count). The number of hydrogen-bond acceptors (Lipinski definition) is 4. The van der Waals surface area contributed by atoms with E-state index >= 15 is 0 Å². The Labute approximate surface area is 121 Å². The number of hydrogen-bond donors (Lipinski definition) is 0. The standard InChI is InChI=1S/C13H8BrFN2OS/c1-7-5-19-12-11(7)16-6-17-13(12)18-10-3-2-8(15)4-9(10)14/h2-6H,1H3. The second-order valence-electron chi connectivity index (χ2n) is 3.95. The second-order valence-corrected chi connectivity index (χ2v) is 5.69. The molecule has 0 spiro atoms. The van der Waals surface area contributed by atoms with Crippen molar-refractivity contribution in [3.8, 4) is 11.6 Å². The van der Waals surface area contributed by atoms with Crippen molar-refractivity contribution in [2.45, 2.75) is 6.92 Å². The molecule has 0 fully saturated rings. The number of thiophene rings is 1. The summed E-state index contributed by atoms with van der Waals surface area (Å²) in [5, 5.41) is 2.01. The summed E-state index contributed by atoms with van der Waals surface area (Å²) in [6, 6.07) is 4.26. The fourth-order valence-corrected chi connectivity index (χ4v) is 3.04. The van der Waals surface area contributed by atoms with Crippen LogP contribution in [0.15, 0.2) is 34.4 Å². The van der Waals surface area contributed by atoms with Crippen molar-refractivity contribution in [2.75, 3.05) is 0 Å². The molecular formula is C13H8BrFN2OS. The van der Waals surface area contributed by atoms with Crippen LogP contribution in [0.4, 0.5) is 4.39 Å². The first-order valence-electron chi connectivity index (χ1n) is 5.47. The first-order valence-corrected chi connectivity index (χ1v) is 7.14. The molecule has 19 heavy (non-hydrogen) atoms. The van der Waals surface area contributed by atoms with Crippen molar-refractivity contribution in [1.82, 2.24) is 9.97 Å². The van der Waals surface area contributed by atoms with Gasteiger partial charge >= 0.3 is 0 Å². The fraction of sp³-hybridized carbons (Fsp3) is 0.0769. The molecule has 0 atom stereocenters. The lowest BCUT2D eigenvalue weighted by atomic mass is 10.3. The molecule has 3 aromatic rings. The van der Waals surface area contributed by atoms with E-state index in [2.05, 4.69) is 25.9 Å². The number of ether oxygens (including phenoxy) is 1. The Kier molecular flexibility index (Phi) is 3.20. The van der Waals surface area contributed by atoms with E-state index in [0.29, 0.717) is 16.1 Å². The van der Waals surface area contributed by atoms with Crippen molar-refractivity contribution in [1.29, 1.82) is 0 Å². The quantitative estimate of drug-likeness (QED) is 0.679. The molecule has 0 bridgehead atoms. The van der Waals surface area contributed by atoms with Gasteiger partial charge in [-0.15, -0.1) is 11.3 Å². The van der Waals surface area contributed by atoms with Crippen LogP contribution in [0.1, 0.15) is 5.56 Å². The molecule has 0 aliphatic heterocycles. The van der Waals surface area contributed by atoms with Crippen molar-refractivity contribution >= 4 is 37.5 Å². The van der Waals surface area contributed by atoms with Crippen LogP contribution in [0.5, 0.6) is 11.6 Å². The minimum Gasteiger partial charge on any atom is -0.436 e. The van der Waals surface area contributed by atoms with Crippen LogP contribution in [0.3, 0.4) is 0 Å². The summed E-state index contributed by atoms with van der Waals surface area (Å²) in [7, 11) is 0. The normalized spacial score (nSPS) is 10.9. The van der Waals surface area contributed by atoms with Gasteiger partial charge in [-0.3, -0.25) is 0 Å². The monoisotopic (exact) mass is 338 g/mol. The minimum absolute atomic E-state index is 0.320. The summed E-state index contributed by atoms with van der Waals surface area (Å²) in [5.74, 6) is 0.682. The van der Waals surface area contributed by atoms with Gasteiger partial charge in [-0.25, -0.2) is 14.4 Å². The molecule has 0 amide bonds. The smallest absolute Gasteiger partial charge is 0.240 e. The Balaban J connectivity index is 2.06. The molecule has 96 valence electrons. The van der Waals surface area contributed by atoms with Crippen LogP contribution < -0.4 is 4.74 Å². The SMILES string of the molecule is Cc1csc2c(Oc3ccc(F)cc3Br)ncnc12. The van der Waals surface area contributed by atoms with E-state index in [9.17, 15) is 4.39 Å². The third-order valence-corrected chi connectivity index (χ3v) is 4.29. The summed E-state index contributed by atoms with van der Waals surface area (Å²) in [5.41, 5.74) is 1.97. The lowest BCUT2D eigenvalue weighted by molar-refractivity contribution is 0.464. The maximum absolute atomic E-state index is 13.0. The molecule has 2 aromatic heterocycles. The molecule has 0 saturated carbocycles. The average molecular weight is 339 g/mol. The van der Waals surface area contributed by atoms with E-state index in [4.69, 9.17) is 4.74 Å². The van der Waals surface area contributed by atoms with Gasteiger partial charge in [0.05, 0.1) is 9.99 Å². The molecule has 0 aliphatic rings. The molecule has 3 nitrogen and oxygen atoms in total. The third-order valence-electron chi connectivity index (χ3n) is 2.60. The van der Waals surface area contributed by atoms with Crippen LogP contribution in [0, 0.1) is 12.7 Å². The van der Waals surface area contributed by atoms with E-state index in [1.807, 2.05) is 12.3 Å². The lowest BCUT2D eigenvalue weighted by Crippen LogP contribution is -1.91. The largest absolute Gasteiger partial charge is 0.436 e. The van der Waals surface area contributed by atoms with E-state index in [-0.39, 0.29) is 5.82 Å². The maximum Gasteiger partial charge on any atom is 0.240 e. The van der Waals surface area contributed by atoms with Gasteiger partial charge in [0.2, 0.25) is 5.88 Å². The van der Waals surface area contributed by atoms with E-state index in [1.165, 1.54) is 29.8 Å². The van der Waals surface area contributed by atoms with Crippen molar-refractivity contribution < 1.29 is 9.13 Å². The molecule has 0 unspecified atom stereocenters. The van der Waals surface area contributed by atoms with Crippen LogP contribution in [0.2, 0.25) is 0 Å². The van der Waals surface area contributed by atoms with Crippen LogP contribution in [0.25, 0.3) is 10.2 Å². The van der Waals surface area contributed by atoms with Gasteiger partial charge in [0.25, 0.3) is 0 Å². The molecule has 6 heteroatoms. The number of fused-ring (bicyclic) bond motifs is 1. The van der Waals surface area contributed by atoms with Gasteiger partial charge < -0.3 is 4.74 Å². The number of aryl methyl sites for hydroxylation is 1. The highest BCUT2D eigenvalue weighted by molar-refractivity contribution is 9.10. The zero-order valence-corrected chi connectivity index (χ0v) is 12.3. The molecule has 0 radical (unpaired) electrons. The van der Waals surface area contributed by atoms with Gasteiger partial charge in [-0.1, -0.05) is 0 Å². The Morgan fingerprint density at radius 1 is 1.32 bits per heavy atom. The summed E-state index contributed by atoms with van der Waals surface area (Å²) < 4.78 is 20.2. The number of rotatable bonds is 2. The molecule has 1 aromatic carbocycles.